The van der Waals surface area contributed by atoms with Crippen LogP contribution in [0.5, 0.6) is 0 Å². The highest BCUT2D eigenvalue weighted by atomic mass is 35.5. The molecule has 1 heterocycles. The number of hydrogen-bond acceptors (Lipinski definition) is 7. The molecule has 27 heavy (non-hydrogen) atoms. The van der Waals surface area contributed by atoms with Crippen LogP contribution in [0.15, 0.2) is 53.7 Å². The predicted molar refractivity (Wildman–Crippen MR) is 96.5 cm³/mol. The minimum atomic E-state index is -1.96. The Kier molecular flexibility index (Phi) is 5.11. The zero-order valence-electron chi connectivity index (χ0n) is 14.2. The number of benzene rings is 2. The Morgan fingerprint density at radius 3 is 2.67 bits per heavy atom. The van der Waals surface area contributed by atoms with Crippen LogP contribution in [-0.2, 0) is 14.4 Å². The summed E-state index contributed by atoms with van der Waals surface area (Å²) in [6, 6.07) is 12.4. The van der Waals surface area contributed by atoms with Gasteiger partial charge in [0.1, 0.15) is 6.10 Å². The quantitative estimate of drug-likeness (QED) is 0.477. The fraction of sp³-hybridized carbons (Fsp3) is 0.222. The van der Waals surface area contributed by atoms with Gasteiger partial charge in [0, 0.05) is 16.7 Å². The smallest absolute Gasteiger partial charge is 0.356 e. The number of aliphatic hydroxyl groups excluding tert-OH is 1. The number of aliphatic hydroxyl groups is 1. The molecular formula is C18H15ClN2O6. The molecule has 1 N–H and O–H groups in total. The number of rotatable bonds is 5. The fourth-order valence-corrected chi connectivity index (χ4v) is 3.21. The zero-order valence-corrected chi connectivity index (χ0v) is 14.9. The Morgan fingerprint density at radius 1 is 1.33 bits per heavy atom. The highest BCUT2D eigenvalue weighted by molar-refractivity contribution is 6.34. The van der Waals surface area contributed by atoms with E-state index in [1.807, 2.05) is 0 Å². The number of oxime groups is 1. The van der Waals surface area contributed by atoms with E-state index >= 15 is 0 Å². The van der Waals surface area contributed by atoms with Gasteiger partial charge in [-0.05, 0) is 12.1 Å². The number of nitro groups is 1. The maximum Gasteiger partial charge on any atom is 0.356 e. The van der Waals surface area contributed by atoms with Crippen LogP contribution in [0.25, 0.3) is 0 Å². The summed E-state index contributed by atoms with van der Waals surface area (Å²) in [5.74, 6) is -0.904. The van der Waals surface area contributed by atoms with Crippen molar-refractivity contribution in [2.45, 2.75) is 18.1 Å². The van der Waals surface area contributed by atoms with Crippen molar-refractivity contribution in [3.05, 3.63) is 74.8 Å². The third-order valence-electron chi connectivity index (χ3n) is 4.33. The minimum Gasteiger partial charge on any atom is -0.466 e. The monoisotopic (exact) mass is 390 g/mol. The van der Waals surface area contributed by atoms with E-state index in [2.05, 4.69) is 5.16 Å². The van der Waals surface area contributed by atoms with E-state index in [1.165, 1.54) is 24.3 Å². The van der Waals surface area contributed by atoms with E-state index in [1.54, 1.807) is 24.3 Å². The summed E-state index contributed by atoms with van der Waals surface area (Å²) < 4.78 is 4.79. The summed E-state index contributed by atoms with van der Waals surface area (Å²) in [5.41, 5.74) is -1.54. The SMILES string of the molecule is COC(=O)C1(C(O)c2ccccc2[N+](=O)[O-])CC(c2ccccc2Cl)=NO1. The molecular weight excluding hydrogens is 376 g/mol. The molecule has 2 aromatic carbocycles. The number of nitrogens with zero attached hydrogens (tertiary/aromatic N) is 2. The summed E-state index contributed by atoms with van der Waals surface area (Å²) in [4.78, 5) is 28.5. The number of hydrogen-bond donors (Lipinski definition) is 1. The van der Waals surface area contributed by atoms with Crippen molar-refractivity contribution in [1.82, 2.24) is 0 Å². The minimum absolute atomic E-state index is 0.0801. The van der Waals surface area contributed by atoms with Gasteiger partial charge < -0.3 is 14.7 Å². The summed E-state index contributed by atoms with van der Waals surface area (Å²) >= 11 is 6.17. The molecule has 2 unspecified atom stereocenters. The highest BCUT2D eigenvalue weighted by Gasteiger charge is 2.56. The van der Waals surface area contributed by atoms with Gasteiger partial charge in [0.25, 0.3) is 11.3 Å². The molecule has 2 aromatic rings. The molecule has 1 aliphatic heterocycles. The maximum atomic E-state index is 12.5. The van der Waals surface area contributed by atoms with Crippen LogP contribution in [0, 0.1) is 10.1 Å². The molecule has 0 amide bonds. The van der Waals surface area contributed by atoms with Crippen molar-refractivity contribution in [2.24, 2.45) is 5.16 Å². The van der Waals surface area contributed by atoms with E-state index < -0.39 is 22.6 Å². The highest BCUT2D eigenvalue weighted by Crippen LogP contribution is 2.42. The summed E-state index contributed by atoms with van der Waals surface area (Å²) in [6.45, 7) is 0. The Bertz CT molecular complexity index is 932. The van der Waals surface area contributed by atoms with Gasteiger partial charge in [-0.2, -0.15) is 0 Å². The Morgan fingerprint density at radius 2 is 2.00 bits per heavy atom. The van der Waals surface area contributed by atoms with Gasteiger partial charge >= 0.3 is 5.97 Å². The normalized spacial score (nSPS) is 19.7. The van der Waals surface area contributed by atoms with Crippen LogP contribution in [0.4, 0.5) is 5.69 Å². The number of esters is 1. The lowest BCUT2D eigenvalue weighted by Crippen LogP contribution is -2.46. The molecule has 0 saturated heterocycles. The van der Waals surface area contributed by atoms with Crippen LogP contribution < -0.4 is 0 Å². The molecule has 1 aliphatic rings. The first-order valence-corrected chi connectivity index (χ1v) is 8.28. The first-order valence-electron chi connectivity index (χ1n) is 7.90. The maximum absolute atomic E-state index is 12.5. The predicted octanol–water partition coefficient (Wildman–Crippen LogP) is 3.02. The standard InChI is InChI=1S/C18H15ClN2O6/c1-26-17(23)18(16(22)12-7-3-5-9-15(12)21(24)25)10-14(20-27-18)11-6-2-4-8-13(11)19/h2-9,16,22H,10H2,1H3. The van der Waals surface area contributed by atoms with Gasteiger partial charge in [0.05, 0.1) is 29.7 Å². The molecule has 0 aliphatic carbocycles. The van der Waals surface area contributed by atoms with Gasteiger partial charge in [-0.25, -0.2) is 4.79 Å². The first kappa shape index (κ1) is 18.8. The van der Waals surface area contributed by atoms with Crippen LogP contribution in [0.1, 0.15) is 23.7 Å². The third-order valence-corrected chi connectivity index (χ3v) is 4.66. The largest absolute Gasteiger partial charge is 0.466 e. The van der Waals surface area contributed by atoms with Crippen molar-refractivity contribution in [1.29, 1.82) is 0 Å². The van der Waals surface area contributed by atoms with Crippen molar-refractivity contribution in [3.8, 4) is 0 Å². The van der Waals surface area contributed by atoms with Crippen LogP contribution in [-0.4, -0.2) is 34.4 Å². The number of halogens is 1. The molecule has 9 heteroatoms. The lowest BCUT2D eigenvalue weighted by atomic mass is 9.84. The van der Waals surface area contributed by atoms with Crippen LogP contribution in [0.2, 0.25) is 5.02 Å². The average molecular weight is 391 g/mol. The molecule has 0 radical (unpaired) electrons. The third kappa shape index (κ3) is 3.24. The molecule has 0 saturated carbocycles. The zero-order chi connectivity index (χ0) is 19.6. The molecule has 140 valence electrons. The van der Waals surface area contributed by atoms with E-state index in [-0.39, 0.29) is 17.7 Å². The van der Waals surface area contributed by atoms with Gasteiger partial charge in [-0.1, -0.05) is 47.1 Å². The number of para-hydroxylation sites is 1. The summed E-state index contributed by atoms with van der Waals surface area (Å²) in [5, 5.41) is 26.5. The lowest BCUT2D eigenvalue weighted by molar-refractivity contribution is -0.386. The number of carbonyl (C=O) groups excluding carboxylic acids is 1. The second kappa shape index (κ2) is 7.34. The Balaban J connectivity index is 2.03. The van der Waals surface area contributed by atoms with Crippen molar-refractivity contribution in [2.75, 3.05) is 7.11 Å². The van der Waals surface area contributed by atoms with Crippen molar-refractivity contribution in [3.63, 3.8) is 0 Å². The van der Waals surface area contributed by atoms with Crippen molar-refractivity contribution < 1.29 is 24.4 Å². The Labute approximate surface area is 159 Å². The van der Waals surface area contributed by atoms with E-state index in [0.717, 1.165) is 7.11 Å². The second-order valence-corrected chi connectivity index (χ2v) is 6.29. The molecule has 0 fully saturated rings. The van der Waals surface area contributed by atoms with Gasteiger partial charge in [0.2, 0.25) is 0 Å². The topological polar surface area (TPSA) is 111 Å². The summed E-state index contributed by atoms with van der Waals surface area (Å²) in [6.07, 6.45) is -1.85. The Hall–Kier alpha value is -2.97. The summed E-state index contributed by atoms with van der Waals surface area (Å²) in [7, 11) is 1.13. The van der Waals surface area contributed by atoms with Crippen LogP contribution in [0.3, 0.4) is 0 Å². The second-order valence-electron chi connectivity index (χ2n) is 5.89. The molecule has 8 nitrogen and oxygen atoms in total. The number of methoxy groups -OCH3 is 1. The number of carbonyl (C=O) groups is 1. The van der Waals surface area contributed by atoms with E-state index in [4.69, 9.17) is 21.2 Å². The number of nitro benzene ring substituents is 1. The van der Waals surface area contributed by atoms with Gasteiger partial charge in [-0.15, -0.1) is 0 Å². The average Bonchev–Trinajstić information content (AvgIpc) is 3.13. The van der Waals surface area contributed by atoms with E-state index in [0.29, 0.717) is 16.3 Å². The lowest BCUT2D eigenvalue weighted by Gasteiger charge is -2.28. The molecule has 3 rings (SSSR count). The number of ether oxygens (including phenoxy) is 1. The molecule has 0 bridgehead atoms. The van der Waals surface area contributed by atoms with Crippen LogP contribution >= 0.6 is 11.6 Å². The van der Waals surface area contributed by atoms with E-state index in [9.17, 15) is 20.0 Å². The van der Waals surface area contributed by atoms with Gasteiger partial charge in [-0.3, -0.25) is 10.1 Å². The fourth-order valence-electron chi connectivity index (χ4n) is 2.97. The molecule has 2 atom stereocenters. The van der Waals surface area contributed by atoms with Gasteiger partial charge in [0.15, 0.2) is 0 Å². The molecule has 0 aromatic heterocycles. The van der Waals surface area contributed by atoms with Crippen molar-refractivity contribution >= 4 is 29.0 Å². The first-order chi connectivity index (χ1) is 12.9. The molecule has 0 spiro atoms.